The molecule has 9 heteroatoms. The van der Waals surface area contributed by atoms with Gasteiger partial charge >= 0.3 is 11.7 Å². The lowest BCUT2D eigenvalue weighted by atomic mass is 10.1. The lowest BCUT2D eigenvalue weighted by molar-refractivity contribution is 0.225. The van der Waals surface area contributed by atoms with Gasteiger partial charge in [0.25, 0.3) is 0 Å². The van der Waals surface area contributed by atoms with Crippen LogP contribution in [0.1, 0.15) is 40.2 Å². The largest absolute Gasteiger partial charge is 0.488 e. The summed E-state index contributed by atoms with van der Waals surface area (Å²) in [7, 11) is 0. The van der Waals surface area contributed by atoms with Crippen molar-refractivity contribution < 1.29 is 13.9 Å². The first-order valence-electron chi connectivity index (χ1n) is 10.1. The third kappa shape index (κ3) is 5.97. The van der Waals surface area contributed by atoms with Gasteiger partial charge in [-0.15, -0.1) is 0 Å². The summed E-state index contributed by atoms with van der Waals surface area (Å²) < 4.78 is 27.0. The molecule has 0 amide bonds. The summed E-state index contributed by atoms with van der Waals surface area (Å²) in [6, 6.07) is 11.6. The van der Waals surface area contributed by atoms with Gasteiger partial charge in [0.2, 0.25) is 5.95 Å². The Morgan fingerprint density at radius 3 is 2.41 bits per heavy atom. The van der Waals surface area contributed by atoms with Gasteiger partial charge in [-0.3, -0.25) is 0 Å². The van der Waals surface area contributed by atoms with Gasteiger partial charge in [-0.2, -0.15) is 9.97 Å². The zero-order valence-corrected chi connectivity index (χ0v) is 19.4. The molecule has 2 aromatic carbocycles. The average molecular weight is 461 g/mol. The van der Waals surface area contributed by atoms with Crippen LogP contribution in [-0.4, -0.2) is 20.6 Å². The van der Waals surface area contributed by atoms with Gasteiger partial charge < -0.3 is 14.8 Å². The molecule has 0 fully saturated rings. The second-order valence-electron chi connectivity index (χ2n) is 8.47. The fourth-order valence-electron chi connectivity index (χ4n) is 2.90. The normalized spacial score (nSPS) is 11.5. The maximum absolute atomic E-state index is 14.3. The number of ether oxygens (including phenoxy) is 2. The number of aromatic nitrogens is 3. The molecule has 7 nitrogen and oxygen atoms in total. The SMILES string of the molecule is CC(C)Oc1ccc(Nc2nc(OCc3ccc(Cl)cc3)n(C(C)(C)C)c(=O)n2)cc1F. The van der Waals surface area contributed by atoms with E-state index in [1.54, 1.807) is 18.2 Å². The standard InChI is InChI=1S/C23H26ClFN4O3/c1-14(2)32-19-11-10-17(12-18(19)25)26-20-27-21(30)29(23(3,4)5)22(28-20)31-13-15-6-8-16(24)9-7-15/h6-12,14H,13H2,1-5H3,(H,26,27,30). The maximum atomic E-state index is 14.3. The molecular formula is C23H26ClFN4O3. The van der Waals surface area contributed by atoms with Gasteiger partial charge in [0.05, 0.1) is 6.10 Å². The van der Waals surface area contributed by atoms with E-state index < -0.39 is 17.0 Å². The highest BCUT2D eigenvalue weighted by Gasteiger charge is 2.23. The van der Waals surface area contributed by atoms with E-state index in [1.165, 1.54) is 16.7 Å². The highest BCUT2D eigenvalue weighted by atomic mass is 35.5. The lowest BCUT2D eigenvalue weighted by Crippen LogP contribution is -2.37. The minimum Gasteiger partial charge on any atom is -0.488 e. The number of benzene rings is 2. The van der Waals surface area contributed by atoms with Crippen molar-refractivity contribution in [1.29, 1.82) is 0 Å². The average Bonchev–Trinajstić information content (AvgIpc) is 2.68. The van der Waals surface area contributed by atoms with Crippen molar-refractivity contribution in [3.05, 3.63) is 69.4 Å². The van der Waals surface area contributed by atoms with E-state index in [9.17, 15) is 9.18 Å². The second kappa shape index (κ2) is 9.56. The molecule has 0 atom stereocenters. The minimum absolute atomic E-state index is 0.00136. The summed E-state index contributed by atoms with van der Waals surface area (Å²) in [5, 5.41) is 3.48. The molecule has 0 radical (unpaired) electrons. The fraction of sp³-hybridized carbons (Fsp3) is 0.348. The Kier molecular flexibility index (Phi) is 7.03. The van der Waals surface area contributed by atoms with E-state index in [0.717, 1.165) is 5.56 Å². The van der Waals surface area contributed by atoms with E-state index in [0.29, 0.717) is 10.7 Å². The Morgan fingerprint density at radius 1 is 1.12 bits per heavy atom. The molecule has 0 aliphatic heterocycles. The number of rotatable bonds is 7. The topological polar surface area (TPSA) is 78.3 Å². The Labute approximate surface area is 191 Å². The molecule has 32 heavy (non-hydrogen) atoms. The van der Waals surface area contributed by atoms with Crippen LogP contribution in [0.2, 0.25) is 5.02 Å². The molecule has 3 aromatic rings. The van der Waals surface area contributed by atoms with Crippen LogP contribution in [0.25, 0.3) is 0 Å². The zero-order valence-electron chi connectivity index (χ0n) is 18.6. The van der Waals surface area contributed by atoms with Gasteiger partial charge in [0, 0.05) is 22.3 Å². The predicted octanol–water partition coefficient (Wildman–Crippen LogP) is 5.30. The summed E-state index contributed by atoms with van der Waals surface area (Å²) in [5.41, 5.74) is 0.0714. The van der Waals surface area contributed by atoms with Crippen LogP contribution in [0.4, 0.5) is 16.0 Å². The first kappa shape index (κ1) is 23.5. The third-order valence-electron chi connectivity index (χ3n) is 4.29. The Hall–Kier alpha value is -3.13. The monoisotopic (exact) mass is 460 g/mol. The molecule has 1 aromatic heterocycles. The van der Waals surface area contributed by atoms with Crippen LogP contribution in [0.5, 0.6) is 11.8 Å². The van der Waals surface area contributed by atoms with E-state index in [2.05, 4.69) is 15.3 Å². The first-order chi connectivity index (χ1) is 15.0. The van der Waals surface area contributed by atoms with Crippen molar-refractivity contribution in [2.24, 2.45) is 0 Å². The van der Waals surface area contributed by atoms with Crippen molar-refractivity contribution in [3.63, 3.8) is 0 Å². The Bertz CT molecular complexity index is 1140. The quantitative estimate of drug-likeness (QED) is 0.515. The van der Waals surface area contributed by atoms with Crippen molar-refractivity contribution in [2.75, 3.05) is 5.32 Å². The lowest BCUT2D eigenvalue weighted by Gasteiger charge is -2.24. The fourth-order valence-corrected chi connectivity index (χ4v) is 3.03. The number of anilines is 2. The van der Waals surface area contributed by atoms with Gasteiger partial charge in [-0.1, -0.05) is 23.7 Å². The predicted molar refractivity (Wildman–Crippen MR) is 123 cm³/mol. The molecule has 0 saturated heterocycles. The molecule has 0 saturated carbocycles. The Morgan fingerprint density at radius 2 is 1.81 bits per heavy atom. The minimum atomic E-state index is -0.618. The molecule has 1 heterocycles. The molecule has 1 N–H and O–H groups in total. The smallest absolute Gasteiger partial charge is 0.355 e. The Balaban J connectivity index is 1.89. The summed E-state index contributed by atoms with van der Waals surface area (Å²) in [6.07, 6.45) is -0.156. The van der Waals surface area contributed by atoms with Crippen LogP contribution < -0.4 is 20.5 Å². The van der Waals surface area contributed by atoms with Gasteiger partial charge in [0.1, 0.15) is 6.61 Å². The van der Waals surface area contributed by atoms with Crippen LogP contribution in [-0.2, 0) is 12.1 Å². The highest BCUT2D eigenvalue weighted by Crippen LogP contribution is 2.25. The third-order valence-corrected chi connectivity index (χ3v) is 4.54. The number of hydrogen-bond donors (Lipinski definition) is 1. The summed E-state index contributed by atoms with van der Waals surface area (Å²) in [6.45, 7) is 9.36. The van der Waals surface area contributed by atoms with Crippen molar-refractivity contribution in [1.82, 2.24) is 14.5 Å². The zero-order chi connectivity index (χ0) is 23.5. The molecule has 0 aliphatic carbocycles. The summed E-state index contributed by atoms with van der Waals surface area (Å²) in [5.74, 6) is -0.397. The van der Waals surface area contributed by atoms with Gasteiger partial charge in [0.15, 0.2) is 11.6 Å². The number of halogens is 2. The van der Waals surface area contributed by atoms with Crippen LogP contribution in [0.15, 0.2) is 47.3 Å². The first-order valence-corrected chi connectivity index (χ1v) is 10.5. The number of nitrogens with one attached hydrogen (secondary N) is 1. The summed E-state index contributed by atoms with van der Waals surface area (Å²) >= 11 is 5.93. The van der Waals surface area contributed by atoms with E-state index in [-0.39, 0.29) is 30.4 Å². The van der Waals surface area contributed by atoms with Crippen LogP contribution in [0, 0.1) is 5.82 Å². The van der Waals surface area contributed by atoms with Crippen molar-refractivity contribution >= 4 is 23.2 Å². The molecular weight excluding hydrogens is 435 g/mol. The van der Waals surface area contributed by atoms with Gasteiger partial charge in [-0.05, 0) is 64.4 Å². The van der Waals surface area contributed by atoms with E-state index in [1.807, 2.05) is 46.8 Å². The van der Waals surface area contributed by atoms with Crippen LogP contribution >= 0.6 is 11.6 Å². The number of hydrogen-bond acceptors (Lipinski definition) is 6. The molecule has 3 rings (SSSR count). The second-order valence-corrected chi connectivity index (χ2v) is 8.91. The molecule has 0 bridgehead atoms. The van der Waals surface area contributed by atoms with Crippen molar-refractivity contribution in [3.8, 4) is 11.8 Å². The molecule has 170 valence electrons. The van der Waals surface area contributed by atoms with Crippen molar-refractivity contribution in [2.45, 2.75) is 52.9 Å². The maximum Gasteiger partial charge on any atom is 0.355 e. The molecule has 0 unspecified atom stereocenters. The summed E-state index contributed by atoms with van der Waals surface area (Å²) in [4.78, 5) is 21.1. The highest BCUT2D eigenvalue weighted by molar-refractivity contribution is 6.30. The van der Waals surface area contributed by atoms with E-state index >= 15 is 0 Å². The molecule has 0 spiro atoms. The van der Waals surface area contributed by atoms with Crippen LogP contribution in [0.3, 0.4) is 0 Å². The molecule has 0 aliphatic rings. The number of nitrogens with zero attached hydrogens (tertiary/aromatic N) is 3. The van der Waals surface area contributed by atoms with Gasteiger partial charge in [-0.25, -0.2) is 13.8 Å². The van der Waals surface area contributed by atoms with E-state index in [4.69, 9.17) is 21.1 Å².